The van der Waals surface area contributed by atoms with Crippen molar-refractivity contribution in [3.8, 4) is 5.75 Å². The van der Waals surface area contributed by atoms with Crippen LogP contribution in [0.4, 0.5) is 5.69 Å². The summed E-state index contributed by atoms with van der Waals surface area (Å²) in [5, 5.41) is 11.6. The van der Waals surface area contributed by atoms with Crippen molar-refractivity contribution in [2.75, 3.05) is 12.4 Å². The average molecular weight is 258 g/mol. The van der Waals surface area contributed by atoms with E-state index in [1.54, 1.807) is 31.4 Å². The number of carbonyl (C=O) groups is 1. The van der Waals surface area contributed by atoms with Gasteiger partial charge in [-0.2, -0.15) is 0 Å². The van der Waals surface area contributed by atoms with Crippen LogP contribution >= 0.6 is 0 Å². The predicted molar refractivity (Wildman–Crippen MR) is 71.1 cm³/mol. The molecule has 2 rings (SSSR count). The number of nitrogens with one attached hydrogen (secondary N) is 1. The van der Waals surface area contributed by atoms with Crippen molar-refractivity contribution in [2.24, 2.45) is 0 Å². The van der Waals surface area contributed by atoms with Gasteiger partial charge in [0, 0.05) is 6.20 Å². The van der Waals surface area contributed by atoms with Gasteiger partial charge >= 0.3 is 0 Å². The highest BCUT2D eigenvalue weighted by atomic mass is 16.5. The number of pyridine rings is 1. The van der Waals surface area contributed by atoms with Crippen LogP contribution in [0.1, 0.15) is 16.1 Å². The third kappa shape index (κ3) is 3.08. The second-order valence-corrected chi connectivity index (χ2v) is 3.85. The molecule has 0 aliphatic heterocycles. The largest absolute Gasteiger partial charge is 0.495 e. The number of carbonyl (C=O) groups excluding carboxylic acids is 1. The van der Waals surface area contributed by atoms with Crippen molar-refractivity contribution < 1.29 is 14.6 Å². The Morgan fingerprint density at radius 3 is 2.74 bits per heavy atom. The van der Waals surface area contributed by atoms with Crippen LogP contribution in [-0.2, 0) is 6.61 Å². The molecule has 1 heterocycles. The molecule has 0 radical (unpaired) electrons. The summed E-state index contributed by atoms with van der Waals surface area (Å²) in [6.45, 7) is -0.144. The van der Waals surface area contributed by atoms with E-state index in [2.05, 4.69) is 10.3 Å². The molecule has 5 heteroatoms. The molecular formula is C14H14N2O3. The van der Waals surface area contributed by atoms with E-state index >= 15 is 0 Å². The van der Waals surface area contributed by atoms with Gasteiger partial charge in [-0.1, -0.05) is 12.1 Å². The monoisotopic (exact) mass is 258 g/mol. The van der Waals surface area contributed by atoms with E-state index in [0.717, 1.165) is 0 Å². The van der Waals surface area contributed by atoms with E-state index in [1.807, 2.05) is 12.1 Å². The molecule has 19 heavy (non-hydrogen) atoms. The summed E-state index contributed by atoms with van der Waals surface area (Å²) in [6, 6.07) is 10.4. The molecule has 0 saturated heterocycles. The Balaban J connectivity index is 2.16. The number of hydrogen-bond donors (Lipinski definition) is 2. The second kappa shape index (κ2) is 5.97. The van der Waals surface area contributed by atoms with Gasteiger partial charge in [-0.3, -0.25) is 9.78 Å². The van der Waals surface area contributed by atoms with E-state index in [9.17, 15) is 4.79 Å². The van der Waals surface area contributed by atoms with Crippen molar-refractivity contribution in [2.45, 2.75) is 6.61 Å². The van der Waals surface area contributed by atoms with Gasteiger partial charge in [0.15, 0.2) is 0 Å². The molecule has 0 atom stereocenters. The fraction of sp³-hybridized carbons (Fsp3) is 0.143. The van der Waals surface area contributed by atoms with Crippen molar-refractivity contribution in [3.05, 3.63) is 53.9 Å². The number of methoxy groups -OCH3 is 1. The van der Waals surface area contributed by atoms with E-state index in [-0.39, 0.29) is 12.5 Å². The van der Waals surface area contributed by atoms with Crippen molar-refractivity contribution in [3.63, 3.8) is 0 Å². The molecule has 1 aromatic carbocycles. The first-order valence-corrected chi connectivity index (χ1v) is 5.74. The summed E-state index contributed by atoms with van der Waals surface area (Å²) in [7, 11) is 1.54. The third-order valence-electron chi connectivity index (χ3n) is 2.60. The lowest BCUT2D eigenvalue weighted by atomic mass is 10.2. The number of anilines is 1. The molecule has 2 N–H and O–H groups in total. The van der Waals surface area contributed by atoms with Gasteiger partial charge in [-0.25, -0.2) is 0 Å². The molecule has 2 aromatic rings. The molecule has 0 bridgehead atoms. The van der Waals surface area contributed by atoms with Gasteiger partial charge < -0.3 is 15.2 Å². The summed E-state index contributed by atoms with van der Waals surface area (Å²) >= 11 is 0. The Kier molecular flexibility index (Phi) is 4.10. The van der Waals surface area contributed by atoms with Crippen LogP contribution in [-0.4, -0.2) is 23.1 Å². The summed E-state index contributed by atoms with van der Waals surface area (Å²) in [6.07, 6.45) is 1.43. The fourth-order valence-corrected chi connectivity index (χ4v) is 1.59. The molecule has 0 saturated carbocycles. The SMILES string of the molecule is COc1ccccc1NC(=O)c1ccc(CO)nc1. The van der Waals surface area contributed by atoms with E-state index in [0.29, 0.717) is 22.7 Å². The highest BCUT2D eigenvalue weighted by molar-refractivity contribution is 6.04. The minimum absolute atomic E-state index is 0.144. The first-order chi connectivity index (χ1) is 9.24. The maximum absolute atomic E-state index is 12.0. The van der Waals surface area contributed by atoms with Crippen molar-refractivity contribution in [1.29, 1.82) is 0 Å². The zero-order valence-corrected chi connectivity index (χ0v) is 10.5. The van der Waals surface area contributed by atoms with Crippen LogP contribution in [0.2, 0.25) is 0 Å². The lowest BCUT2D eigenvalue weighted by Crippen LogP contribution is -2.13. The zero-order chi connectivity index (χ0) is 13.7. The number of ether oxygens (including phenoxy) is 1. The van der Waals surface area contributed by atoms with Crippen molar-refractivity contribution in [1.82, 2.24) is 4.98 Å². The molecule has 98 valence electrons. The lowest BCUT2D eigenvalue weighted by Gasteiger charge is -2.09. The average Bonchev–Trinajstić information content (AvgIpc) is 2.48. The molecule has 1 amide bonds. The van der Waals surface area contributed by atoms with Gasteiger partial charge in [0.1, 0.15) is 5.75 Å². The number of aliphatic hydroxyl groups is 1. The lowest BCUT2D eigenvalue weighted by molar-refractivity contribution is 0.102. The quantitative estimate of drug-likeness (QED) is 0.877. The molecule has 0 aliphatic rings. The summed E-state index contributed by atoms with van der Waals surface area (Å²) in [5.41, 5.74) is 1.54. The molecule has 0 spiro atoms. The minimum Gasteiger partial charge on any atom is -0.495 e. The first-order valence-electron chi connectivity index (χ1n) is 5.74. The number of benzene rings is 1. The number of amides is 1. The molecule has 1 aromatic heterocycles. The Hall–Kier alpha value is -2.40. The Morgan fingerprint density at radius 1 is 1.32 bits per heavy atom. The van der Waals surface area contributed by atoms with Gasteiger partial charge in [0.2, 0.25) is 0 Å². The van der Waals surface area contributed by atoms with Gasteiger partial charge in [0.05, 0.1) is 30.7 Å². The first kappa shape index (κ1) is 13.0. The van der Waals surface area contributed by atoms with Crippen molar-refractivity contribution >= 4 is 11.6 Å². The summed E-state index contributed by atoms with van der Waals surface area (Å²) < 4.78 is 5.16. The normalized spacial score (nSPS) is 10.0. The van der Waals surface area contributed by atoms with Crippen LogP contribution in [0.3, 0.4) is 0 Å². The highest BCUT2D eigenvalue weighted by Gasteiger charge is 2.09. The van der Waals surface area contributed by atoms with Gasteiger partial charge in [-0.15, -0.1) is 0 Å². The number of aliphatic hydroxyl groups excluding tert-OH is 1. The van der Waals surface area contributed by atoms with Crippen LogP contribution < -0.4 is 10.1 Å². The summed E-state index contributed by atoms with van der Waals surface area (Å²) in [4.78, 5) is 16.0. The number of para-hydroxylation sites is 2. The number of rotatable bonds is 4. The fourth-order valence-electron chi connectivity index (χ4n) is 1.59. The number of nitrogens with zero attached hydrogens (tertiary/aromatic N) is 1. The molecular weight excluding hydrogens is 244 g/mol. The predicted octanol–water partition coefficient (Wildman–Crippen LogP) is 1.83. The summed E-state index contributed by atoms with van der Waals surface area (Å²) in [5.74, 6) is 0.317. The van der Waals surface area contributed by atoms with Gasteiger partial charge in [0.25, 0.3) is 5.91 Å². The molecule has 0 unspecified atom stereocenters. The van der Waals surface area contributed by atoms with E-state index < -0.39 is 0 Å². The number of aromatic nitrogens is 1. The van der Waals surface area contributed by atoms with Crippen LogP contribution in [0.5, 0.6) is 5.75 Å². The zero-order valence-electron chi connectivity index (χ0n) is 10.5. The third-order valence-corrected chi connectivity index (χ3v) is 2.60. The maximum atomic E-state index is 12.0. The maximum Gasteiger partial charge on any atom is 0.257 e. The number of hydrogen-bond acceptors (Lipinski definition) is 4. The van der Waals surface area contributed by atoms with Crippen LogP contribution in [0.25, 0.3) is 0 Å². The topological polar surface area (TPSA) is 71.5 Å². The minimum atomic E-state index is -0.276. The standard InChI is InChI=1S/C14H14N2O3/c1-19-13-5-3-2-4-12(13)16-14(18)10-6-7-11(9-17)15-8-10/h2-8,17H,9H2,1H3,(H,16,18). The van der Waals surface area contributed by atoms with Crippen LogP contribution in [0.15, 0.2) is 42.6 Å². The molecule has 0 aliphatic carbocycles. The smallest absolute Gasteiger partial charge is 0.257 e. The Bertz CT molecular complexity index is 567. The van der Waals surface area contributed by atoms with E-state index in [4.69, 9.17) is 9.84 Å². The van der Waals surface area contributed by atoms with Gasteiger partial charge in [-0.05, 0) is 24.3 Å². The molecule has 0 fully saturated rings. The highest BCUT2D eigenvalue weighted by Crippen LogP contribution is 2.23. The van der Waals surface area contributed by atoms with Crippen LogP contribution in [0, 0.1) is 0 Å². The second-order valence-electron chi connectivity index (χ2n) is 3.85. The Morgan fingerprint density at radius 2 is 2.11 bits per heavy atom. The van der Waals surface area contributed by atoms with E-state index in [1.165, 1.54) is 6.20 Å². The molecule has 5 nitrogen and oxygen atoms in total. The Labute approximate surface area is 110 Å².